The SMILES string of the molecule is O=C(CCCc1ccccc1)Nc1cccc(-c2ccc3nncn3n2)c1. The number of nitrogens with one attached hydrogen (secondary N) is 1. The summed E-state index contributed by atoms with van der Waals surface area (Å²) in [5.41, 5.74) is 4.43. The van der Waals surface area contributed by atoms with Crippen molar-refractivity contribution in [3.8, 4) is 11.3 Å². The highest BCUT2D eigenvalue weighted by molar-refractivity contribution is 5.91. The van der Waals surface area contributed by atoms with Crippen LogP contribution in [0.25, 0.3) is 16.9 Å². The Morgan fingerprint density at radius 3 is 2.78 bits per heavy atom. The van der Waals surface area contributed by atoms with Gasteiger partial charge < -0.3 is 5.32 Å². The predicted molar refractivity (Wildman–Crippen MR) is 104 cm³/mol. The van der Waals surface area contributed by atoms with E-state index in [4.69, 9.17) is 0 Å². The molecule has 0 radical (unpaired) electrons. The summed E-state index contributed by atoms with van der Waals surface area (Å²) in [5, 5.41) is 15.3. The van der Waals surface area contributed by atoms with Crippen LogP contribution in [0, 0.1) is 0 Å². The smallest absolute Gasteiger partial charge is 0.224 e. The fraction of sp³-hybridized carbons (Fsp3) is 0.143. The Kier molecular flexibility index (Phi) is 4.87. The van der Waals surface area contributed by atoms with E-state index in [9.17, 15) is 4.79 Å². The third-order valence-corrected chi connectivity index (χ3v) is 4.32. The minimum Gasteiger partial charge on any atom is -0.326 e. The molecule has 0 spiro atoms. The number of aryl methyl sites for hydroxylation is 1. The fourth-order valence-corrected chi connectivity index (χ4v) is 2.96. The van der Waals surface area contributed by atoms with Gasteiger partial charge in [0, 0.05) is 17.7 Å². The number of amides is 1. The van der Waals surface area contributed by atoms with Gasteiger partial charge in [-0.25, -0.2) is 0 Å². The van der Waals surface area contributed by atoms with Crippen LogP contribution in [0.2, 0.25) is 0 Å². The molecule has 1 N–H and O–H groups in total. The van der Waals surface area contributed by atoms with E-state index in [0.29, 0.717) is 12.1 Å². The van der Waals surface area contributed by atoms with Gasteiger partial charge in [-0.05, 0) is 42.7 Å². The van der Waals surface area contributed by atoms with Crippen LogP contribution >= 0.6 is 0 Å². The van der Waals surface area contributed by atoms with Gasteiger partial charge in [0.2, 0.25) is 5.91 Å². The van der Waals surface area contributed by atoms with E-state index in [1.165, 1.54) is 5.56 Å². The van der Waals surface area contributed by atoms with Crippen molar-refractivity contribution < 1.29 is 4.79 Å². The van der Waals surface area contributed by atoms with Gasteiger partial charge in [-0.15, -0.1) is 10.2 Å². The Labute approximate surface area is 156 Å². The Balaban J connectivity index is 1.39. The Bertz CT molecular complexity index is 1060. The van der Waals surface area contributed by atoms with Gasteiger partial charge in [0.1, 0.15) is 6.33 Å². The molecule has 0 unspecified atom stereocenters. The first-order chi connectivity index (χ1) is 13.3. The number of hydrogen-bond acceptors (Lipinski definition) is 4. The van der Waals surface area contributed by atoms with Crippen molar-refractivity contribution in [2.75, 3.05) is 5.32 Å². The highest BCUT2D eigenvalue weighted by atomic mass is 16.1. The normalized spacial score (nSPS) is 10.8. The van der Waals surface area contributed by atoms with Crippen LogP contribution in [0.5, 0.6) is 0 Å². The molecule has 27 heavy (non-hydrogen) atoms. The minimum atomic E-state index is 0.0188. The van der Waals surface area contributed by atoms with E-state index >= 15 is 0 Å². The lowest BCUT2D eigenvalue weighted by Crippen LogP contribution is -2.11. The maximum absolute atomic E-state index is 12.2. The summed E-state index contributed by atoms with van der Waals surface area (Å²) in [7, 11) is 0. The number of hydrogen-bond donors (Lipinski definition) is 1. The first-order valence-electron chi connectivity index (χ1n) is 8.89. The summed E-state index contributed by atoms with van der Waals surface area (Å²) in [6.45, 7) is 0. The van der Waals surface area contributed by atoms with Crippen LogP contribution in [0.4, 0.5) is 5.69 Å². The summed E-state index contributed by atoms with van der Waals surface area (Å²) >= 11 is 0. The number of nitrogens with zero attached hydrogens (tertiary/aromatic N) is 4. The lowest BCUT2D eigenvalue weighted by atomic mass is 10.1. The molecule has 2 aromatic carbocycles. The summed E-state index contributed by atoms with van der Waals surface area (Å²) < 4.78 is 1.63. The minimum absolute atomic E-state index is 0.0188. The van der Waals surface area contributed by atoms with E-state index in [1.54, 1.807) is 10.8 Å². The first kappa shape index (κ1) is 16.9. The molecule has 0 saturated carbocycles. The largest absolute Gasteiger partial charge is 0.326 e. The lowest BCUT2D eigenvalue weighted by molar-refractivity contribution is -0.116. The second-order valence-corrected chi connectivity index (χ2v) is 6.32. The van der Waals surface area contributed by atoms with Crippen molar-refractivity contribution >= 4 is 17.2 Å². The summed E-state index contributed by atoms with van der Waals surface area (Å²) in [6.07, 6.45) is 3.78. The molecule has 134 valence electrons. The van der Waals surface area contributed by atoms with Crippen molar-refractivity contribution in [3.05, 3.63) is 78.6 Å². The van der Waals surface area contributed by atoms with Crippen LogP contribution in [-0.4, -0.2) is 25.7 Å². The number of anilines is 1. The third-order valence-electron chi connectivity index (χ3n) is 4.32. The molecular formula is C21H19N5O. The average molecular weight is 357 g/mol. The molecular weight excluding hydrogens is 338 g/mol. The molecule has 4 aromatic rings. The maximum Gasteiger partial charge on any atom is 0.224 e. The van der Waals surface area contributed by atoms with Gasteiger partial charge in [0.25, 0.3) is 0 Å². The zero-order valence-corrected chi connectivity index (χ0v) is 14.7. The maximum atomic E-state index is 12.2. The van der Waals surface area contributed by atoms with Gasteiger partial charge >= 0.3 is 0 Å². The van der Waals surface area contributed by atoms with Gasteiger partial charge in [-0.2, -0.15) is 9.61 Å². The Morgan fingerprint density at radius 2 is 1.89 bits per heavy atom. The zero-order valence-electron chi connectivity index (χ0n) is 14.7. The third kappa shape index (κ3) is 4.17. The van der Waals surface area contributed by atoms with Crippen molar-refractivity contribution in [3.63, 3.8) is 0 Å². The number of fused-ring (bicyclic) bond motifs is 1. The van der Waals surface area contributed by atoms with Crippen molar-refractivity contribution in [2.45, 2.75) is 19.3 Å². The molecule has 0 bridgehead atoms. The van der Waals surface area contributed by atoms with E-state index in [1.807, 2.05) is 54.6 Å². The summed E-state index contributed by atoms with van der Waals surface area (Å²) in [5.74, 6) is 0.0188. The molecule has 0 aliphatic carbocycles. The van der Waals surface area contributed by atoms with Crippen LogP contribution in [0.3, 0.4) is 0 Å². The van der Waals surface area contributed by atoms with Gasteiger partial charge in [-0.3, -0.25) is 4.79 Å². The first-order valence-corrected chi connectivity index (χ1v) is 8.89. The van der Waals surface area contributed by atoms with Crippen molar-refractivity contribution in [2.24, 2.45) is 0 Å². The van der Waals surface area contributed by atoms with Crippen molar-refractivity contribution in [1.29, 1.82) is 0 Å². The second kappa shape index (κ2) is 7.78. The highest BCUT2D eigenvalue weighted by Crippen LogP contribution is 2.21. The van der Waals surface area contributed by atoms with E-state index in [-0.39, 0.29) is 5.91 Å². The Hall–Kier alpha value is -3.54. The average Bonchev–Trinajstić information content (AvgIpc) is 3.17. The number of carbonyl (C=O) groups is 1. The molecule has 2 heterocycles. The molecule has 4 rings (SSSR count). The Morgan fingerprint density at radius 1 is 1.00 bits per heavy atom. The van der Waals surface area contributed by atoms with E-state index < -0.39 is 0 Å². The lowest BCUT2D eigenvalue weighted by Gasteiger charge is -2.08. The molecule has 0 saturated heterocycles. The van der Waals surface area contributed by atoms with Crippen molar-refractivity contribution in [1.82, 2.24) is 19.8 Å². The predicted octanol–water partition coefficient (Wildman–Crippen LogP) is 3.75. The van der Waals surface area contributed by atoms with Gasteiger partial charge in [0.15, 0.2) is 5.65 Å². The fourth-order valence-electron chi connectivity index (χ4n) is 2.96. The van der Waals surface area contributed by atoms with Crippen LogP contribution < -0.4 is 5.32 Å². The highest BCUT2D eigenvalue weighted by Gasteiger charge is 2.06. The van der Waals surface area contributed by atoms with Crippen LogP contribution in [0.1, 0.15) is 18.4 Å². The van der Waals surface area contributed by atoms with Crippen LogP contribution in [-0.2, 0) is 11.2 Å². The molecule has 6 nitrogen and oxygen atoms in total. The van der Waals surface area contributed by atoms with E-state index in [0.717, 1.165) is 29.8 Å². The van der Waals surface area contributed by atoms with Gasteiger partial charge in [0.05, 0.1) is 5.69 Å². The number of benzene rings is 2. The summed E-state index contributed by atoms with van der Waals surface area (Å²) in [6, 6.07) is 21.6. The van der Waals surface area contributed by atoms with Gasteiger partial charge in [-0.1, -0.05) is 42.5 Å². The standard InChI is InChI=1S/C21H19N5O/c27-21(11-4-8-16-6-2-1-3-7-16)23-18-10-5-9-17(14-18)19-12-13-20-24-22-15-26(20)25-19/h1-3,5-7,9-10,12-15H,4,8,11H2,(H,23,27). The molecule has 1 amide bonds. The number of aromatic nitrogens is 4. The number of rotatable bonds is 6. The van der Waals surface area contributed by atoms with Crippen LogP contribution in [0.15, 0.2) is 73.1 Å². The quantitative estimate of drug-likeness (QED) is 0.570. The molecule has 6 heteroatoms. The number of carbonyl (C=O) groups excluding carboxylic acids is 1. The zero-order chi connectivity index (χ0) is 18.5. The molecule has 2 aromatic heterocycles. The second-order valence-electron chi connectivity index (χ2n) is 6.32. The van der Waals surface area contributed by atoms with E-state index in [2.05, 4.69) is 32.7 Å². The summed E-state index contributed by atoms with van der Waals surface area (Å²) in [4.78, 5) is 12.2. The molecule has 0 atom stereocenters. The molecule has 0 aliphatic rings. The monoisotopic (exact) mass is 357 g/mol. The topological polar surface area (TPSA) is 72.2 Å². The molecule has 0 fully saturated rings. The molecule has 0 aliphatic heterocycles.